The van der Waals surface area contributed by atoms with E-state index in [2.05, 4.69) is 31.9 Å². The van der Waals surface area contributed by atoms with Crippen molar-refractivity contribution in [2.75, 3.05) is 0 Å². The number of aromatic amines is 1. The maximum atomic E-state index is 10.3. The van der Waals surface area contributed by atoms with Crippen LogP contribution in [-0.2, 0) is 0 Å². The Kier molecular flexibility index (Phi) is 2.81. The predicted octanol–water partition coefficient (Wildman–Crippen LogP) is -0.468. The molecule has 1 atom stereocenters. The molecule has 1 aromatic rings. The minimum absolute atomic E-state index is 0.186. The van der Waals surface area contributed by atoms with E-state index in [1.54, 1.807) is 0 Å². The van der Waals surface area contributed by atoms with Gasteiger partial charge in [-0.15, -0.1) is 22.5 Å². The first-order valence-electron chi connectivity index (χ1n) is 3.40. The molecule has 0 aliphatic heterocycles. The number of hydrogen-bond acceptors (Lipinski definition) is 4. The number of carboxylic acid groups (broad SMARTS) is 1. The molecule has 0 spiro atoms. The monoisotopic (exact) mass is 181 g/mol. The molecule has 1 amide bonds. The lowest BCUT2D eigenvalue weighted by atomic mass is 10.2. The van der Waals surface area contributed by atoms with E-state index in [1.807, 2.05) is 0 Å². The Hall–Kier alpha value is -2.10. The van der Waals surface area contributed by atoms with Gasteiger partial charge in [0.2, 0.25) is 0 Å². The van der Waals surface area contributed by atoms with Crippen LogP contribution < -0.4 is 5.32 Å². The van der Waals surface area contributed by atoms with Crippen LogP contribution in [0, 0.1) is 12.3 Å². The number of H-pyrrole nitrogens is 1. The van der Waals surface area contributed by atoms with Crippen LogP contribution in [0.25, 0.3) is 0 Å². The summed E-state index contributed by atoms with van der Waals surface area (Å²) in [5.41, 5.74) is 0. The summed E-state index contributed by atoms with van der Waals surface area (Å²) in [7, 11) is 0. The number of aromatic nitrogens is 4. The first-order chi connectivity index (χ1) is 6.24. The number of terminal acetylenes is 1. The van der Waals surface area contributed by atoms with Crippen molar-refractivity contribution in [2.24, 2.45) is 0 Å². The normalized spacial score (nSPS) is 11.6. The summed E-state index contributed by atoms with van der Waals surface area (Å²) in [6.07, 6.45) is 4.05. The fourth-order valence-electron chi connectivity index (χ4n) is 0.791. The number of rotatable bonds is 3. The van der Waals surface area contributed by atoms with Gasteiger partial charge in [-0.1, -0.05) is 5.21 Å². The van der Waals surface area contributed by atoms with Crippen LogP contribution >= 0.6 is 0 Å². The molecule has 0 radical (unpaired) electrons. The van der Waals surface area contributed by atoms with Crippen LogP contribution in [0.1, 0.15) is 18.3 Å². The van der Waals surface area contributed by atoms with E-state index in [-0.39, 0.29) is 12.2 Å². The molecule has 1 aromatic heterocycles. The number of hydrogen-bond donors (Lipinski definition) is 3. The van der Waals surface area contributed by atoms with Gasteiger partial charge in [0.1, 0.15) is 6.04 Å². The Bertz CT molecular complexity index is 314. The van der Waals surface area contributed by atoms with Crippen molar-refractivity contribution in [3.8, 4) is 12.3 Å². The maximum Gasteiger partial charge on any atom is 0.405 e. The molecule has 0 saturated heterocycles. The highest BCUT2D eigenvalue weighted by Crippen LogP contribution is 2.08. The molecule has 0 bridgehead atoms. The Morgan fingerprint density at radius 1 is 1.85 bits per heavy atom. The smallest absolute Gasteiger partial charge is 0.405 e. The zero-order chi connectivity index (χ0) is 9.68. The molecular weight excluding hydrogens is 174 g/mol. The van der Waals surface area contributed by atoms with Crippen molar-refractivity contribution in [3.63, 3.8) is 0 Å². The minimum atomic E-state index is -1.18. The van der Waals surface area contributed by atoms with Crippen LogP contribution in [0.3, 0.4) is 0 Å². The zero-order valence-corrected chi connectivity index (χ0v) is 6.56. The lowest BCUT2D eigenvalue weighted by molar-refractivity contribution is 0.189. The first kappa shape index (κ1) is 8.99. The zero-order valence-electron chi connectivity index (χ0n) is 6.56. The standard InChI is InChI=1S/C6H7N5O2/c1-2-3-4(7-6(12)13)5-8-10-11-9-5/h1,4,7H,3H2,(H,12,13)(H,8,9,10,11)/t4-/m0/s1. The molecule has 0 saturated carbocycles. The number of nitrogens with zero attached hydrogens (tertiary/aromatic N) is 3. The molecule has 7 nitrogen and oxygen atoms in total. The van der Waals surface area contributed by atoms with Crippen LogP contribution in [-0.4, -0.2) is 31.8 Å². The van der Waals surface area contributed by atoms with E-state index in [0.717, 1.165) is 0 Å². The van der Waals surface area contributed by atoms with Crippen LogP contribution in [0.4, 0.5) is 4.79 Å². The molecule has 0 aromatic carbocycles. The molecule has 1 rings (SSSR count). The average molecular weight is 181 g/mol. The molecule has 1 heterocycles. The highest BCUT2D eigenvalue weighted by Gasteiger charge is 2.16. The van der Waals surface area contributed by atoms with E-state index in [0.29, 0.717) is 0 Å². The molecule has 68 valence electrons. The lowest BCUT2D eigenvalue weighted by Gasteiger charge is -2.08. The van der Waals surface area contributed by atoms with Gasteiger partial charge >= 0.3 is 6.09 Å². The summed E-state index contributed by atoms with van der Waals surface area (Å²) in [5, 5.41) is 23.4. The molecule has 0 aliphatic carbocycles. The lowest BCUT2D eigenvalue weighted by Crippen LogP contribution is -2.27. The van der Waals surface area contributed by atoms with Crippen molar-refractivity contribution < 1.29 is 9.90 Å². The van der Waals surface area contributed by atoms with Crippen molar-refractivity contribution in [3.05, 3.63) is 5.82 Å². The molecule has 13 heavy (non-hydrogen) atoms. The van der Waals surface area contributed by atoms with Gasteiger partial charge in [-0.2, -0.15) is 5.21 Å². The van der Waals surface area contributed by atoms with Gasteiger partial charge in [0.25, 0.3) is 0 Å². The molecule has 3 N–H and O–H groups in total. The van der Waals surface area contributed by atoms with Gasteiger partial charge in [0.15, 0.2) is 5.82 Å². The van der Waals surface area contributed by atoms with Gasteiger partial charge in [0.05, 0.1) is 0 Å². The molecule has 0 unspecified atom stereocenters. The second-order valence-corrected chi connectivity index (χ2v) is 2.18. The van der Waals surface area contributed by atoms with Crippen LogP contribution in [0.5, 0.6) is 0 Å². The third kappa shape index (κ3) is 2.44. The largest absolute Gasteiger partial charge is 0.465 e. The summed E-state index contributed by atoms with van der Waals surface area (Å²) in [5.74, 6) is 2.55. The van der Waals surface area contributed by atoms with E-state index in [9.17, 15) is 4.79 Å². The Labute approximate surface area is 73.5 Å². The Balaban J connectivity index is 2.69. The van der Waals surface area contributed by atoms with Gasteiger partial charge < -0.3 is 10.4 Å². The van der Waals surface area contributed by atoms with Crippen LogP contribution in [0.15, 0.2) is 0 Å². The number of tetrazole rings is 1. The summed E-state index contributed by atoms with van der Waals surface area (Å²) in [6, 6.07) is -0.610. The van der Waals surface area contributed by atoms with Gasteiger partial charge in [0, 0.05) is 6.42 Å². The first-order valence-corrected chi connectivity index (χ1v) is 3.40. The number of nitrogens with one attached hydrogen (secondary N) is 2. The van der Waals surface area contributed by atoms with Crippen molar-refractivity contribution in [1.82, 2.24) is 25.9 Å². The van der Waals surface area contributed by atoms with E-state index < -0.39 is 12.1 Å². The van der Waals surface area contributed by atoms with Crippen LogP contribution in [0.2, 0.25) is 0 Å². The van der Waals surface area contributed by atoms with E-state index in [1.165, 1.54) is 0 Å². The fraction of sp³-hybridized carbons (Fsp3) is 0.333. The summed E-state index contributed by atoms with van der Waals surface area (Å²) < 4.78 is 0. The van der Waals surface area contributed by atoms with E-state index in [4.69, 9.17) is 11.5 Å². The average Bonchev–Trinajstić information content (AvgIpc) is 2.54. The SMILES string of the molecule is C#CC[C@H](NC(=O)O)c1nn[nH]n1. The van der Waals surface area contributed by atoms with Gasteiger partial charge in [-0.05, 0) is 0 Å². The van der Waals surface area contributed by atoms with Crippen molar-refractivity contribution in [1.29, 1.82) is 0 Å². The third-order valence-electron chi connectivity index (χ3n) is 1.29. The van der Waals surface area contributed by atoms with Crippen molar-refractivity contribution in [2.45, 2.75) is 12.5 Å². The predicted molar refractivity (Wildman–Crippen MR) is 41.5 cm³/mol. The maximum absolute atomic E-state index is 10.3. The minimum Gasteiger partial charge on any atom is -0.465 e. The Morgan fingerprint density at radius 2 is 2.62 bits per heavy atom. The topological polar surface area (TPSA) is 104 Å². The van der Waals surface area contributed by atoms with Gasteiger partial charge in [-0.25, -0.2) is 4.79 Å². The summed E-state index contributed by atoms with van der Waals surface area (Å²) >= 11 is 0. The molecule has 0 aliphatic rings. The summed E-state index contributed by atoms with van der Waals surface area (Å²) in [4.78, 5) is 10.3. The molecular formula is C6H7N5O2. The third-order valence-corrected chi connectivity index (χ3v) is 1.29. The fourth-order valence-corrected chi connectivity index (χ4v) is 0.791. The number of carbonyl (C=O) groups is 1. The quantitative estimate of drug-likeness (QED) is 0.547. The van der Waals surface area contributed by atoms with Crippen molar-refractivity contribution >= 4 is 6.09 Å². The molecule has 7 heteroatoms. The second kappa shape index (κ2) is 4.06. The Morgan fingerprint density at radius 3 is 3.08 bits per heavy atom. The summed E-state index contributed by atoms with van der Waals surface area (Å²) in [6.45, 7) is 0. The van der Waals surface area contributed by atoms with Gasteiger partial charge in [-0.3, -0.25) is 0 Å². The highest BCUT2D eigenvalue weighted by molar-refractivity contribution is 5.65. The highest BCUT2D eigenvalue weighted by atomic mass is 16.4. The second-order valence-electron chi connectivity index (χ2n) is 2.18. The van der Waals surface area contributed by atoms with E-state index >= 15 is 0 Å². The molecule has 0 fully saturated rings. The number of amides is 1.